The Labute approximate surface area is 102 Å². The molecule has 0 saturated heterocycles. The number of rotatable bonds is 7. The minimum atomic E-state index is -0.803. The van der Waals surface area contributed by atoms with E-state index in [2.05, 4.69) is 0 Å². The molecule has 96 valence electrons. The Bertz CT molecular complexity index is 333. The highest BCUT2D eigenvalue weighted by Gasteiger charge is 2.13. The molecule has 4 heteroatoms. The quantitative estimate of drug-likeness (QED) is 0.739. The number of aliphatic hydroxyl groups is 1. The minimum Gasteiger partial charge on any atom is -0.387 e. The second-order valence-corrected chi connectivity index (χ2v) is 4.00. The fourth-order valence-electron chi connectivity index (χ4n) is 1.59. The molecule has 0 spiro atoms. The molecule has 0 amide bonds. The standard InChI is InChI=1S/C13H20FNO2/c1-3-17-9-8-15(2)10-13(16)11-6-4-5-7-12(11)14/h4-7,13,16H,3,8-10H2,1-2H3. The minimum absolute atomic E-state index is 0.343. The summed E-state index contributed by atoms with van der Waals surface area (Å²) in [6.07, 6.45) is -0.803. The third-order valence-corrected chi connectivity index (χ3v) is 2.57. The first-order valence-corrected chi connectivity index (χ1v) is 5.84. The highest BCUT2D eigenvalue weighted by atomic mass is 19.1. The first kappa shape index (κ1) is 14.1. The molecule has 0 fully saturated rings. The van der Waals surface area contributed by atoms with Crippen molar-refractivity contribution in [1.82, 2.24) is 4.90 Å². The summed E-state index contributed by atoms with van der Waals surface area (Å²) in [5.41, 5.74) is 0.343. The smallest absolute Gasteiger partial charge is 0.129 e. The summed E-state index contributed by atoms with van der Waals surface area (Å²) in [5.74, 6) is -0.363. The number of halogens is 1. The van der Waals surface area contributed by atoms with Crippen molar-refractivity contribution in [3.63, 3.8) is 0 Å². The zero-order chi connectivity index (χ0) is 12.7. The van der Waals surface area contributed by atoms with Crippen molar-refractivity contribution in [2.24, 2.45) is 0 Å². The van der Waals surface area contributed by atoms with Crippen LogP contribution < -0.4 is 0 Å². The predicted molar refractivity (Wildman–Crippen MR) is 65.3 cm³/mol. The number of ether oxygens (including phenoxy) is 1. The largest absolute Gasteiger partial charge is 0.387 e. The molecule has 3 nitrogen and oxygen atoms in total. The molecule has 1 atom stereocenters. The van der Waals surface area contributed by atoms with Gasteiger partial charge in [0.1, 0.15) is 5.82 Å². The van der Waals surface area contributed by atoms with E-state index in [-0.39, 0.29) is 5.82 Å². The zero-order valence-electron chi connectivity index (χ0n) is 10.4. The molecule has 1 N–H and O–H groups in total. The molecule has 0 saturated carbocycles. The molecule has 0 aromatic heterocycles. The first-order valence-electron chi connectivity index (χ1n) is 5.84. The van der Waals surface area contributed by atoms with Crippen LogP contribution in [0.25, 0.3) is 0 Å². The molecule has 1 aromatic rings. The van der Waals surface area contributed by atoms with Crippen LogP contribution in [0.1, 0.15) is 18.6 Å². The molecule has 0 radical (unpaired) electrons. The van der Waals surface area contributed by atoms with E-state index in [4.69, 9.17) is 4.74 Å². The van der Waals surface area contributed by atoms with Gasteiger partial charge in [0.2, 0.25) is 0 Å². The van der Waals surface area contributed by atoms with E-state index in [1.807, 2.05) is 18.9 Å². The lowest BCUT2D eigenvalue weighted by molar-refractivity contribution is 0.0876. The third-order valence-electron chi connectivity index (χ3n) is 2.57. The van der Waals surface area contributed by atoms with Crippen molar-refractivity contribution >= 4 is 0 Å². The van der Waals surface area contributed by atoms with Gasteiger partial charge in [-0.25, -0.2) is 4.39 Å². The van der Waals surface area contributed by atoms with Crippen LogP contribution in [0.3, 0.4) is 0 Å². The molecule has 1 aromatic carbocycles. The lowest BCUT2D eigenvalue weighted by Gasteiger charge is -2.20. The van der Waals surface area contributed by atoms with Gasteiger partial charge >= 0.3 is 0 Å². The summed E-state index contributed by atoms with van der Waals surface area (Å²) in [6, 6.07) is 6.31. The van der Waals surface area contributed by atoms with Crippen LogP contribution in [-0.2, 0) is 4.74 Å². The van der Waals surface area contributed by atoms with E-state index in [1.54, 1.807) is 18.2 Å². The number of aliphatic hydroxyl groups excluding tert-OH is 1. The number of likely N-dealkylation sites (N-methyl/N-ethyl adjacent to an activating group) is 1. The molecule has 1 rings (SSSR count). The van der Waals surface area contributed by atoms with Crippen molar-refractivity contribution in [2.45, 2.75) is 13.0 Å². The lowest BCUT2D eigenvalue weighted by Crippen LogP contribution is -2.28. The van der Waals surface area contributed by atoms with Gasteiger partial charge in [-0.05, 0) is 20.0 Å². The van der Waals surface area contributed by atoms with Crippen molar-refractivity contribution in [1.29, 1.82) is 0 Å². The fourth-order valence-corrected chi connectivity index (χ4v) is 1.59. The SMILES string of the molecule is CCOCCN(C)CC(O)c1ccccc1F. The van der Waals surface area contributed by atoms with E-state index in [9.17, 15) is 9.50 Å². The normalized spacial score (nSPS) is 13.0. The Morgan fingerprint density at radius 3 is 2.76 bits per heavy atom. The van der Waals surface area contributed by atoms with Gasteiger partial charge in [0.05, 0.1) is 12.7 Å². The average molecular weight is 241 g/mol. The van der Waals surface area contributed by atoms with Gasteiger partial charge in [0.25, 0.3) is 0 Å². The number of hydrogen-bond donors (Lipinski definition) is 1. The van der Waals surface area contributed by atoms with Crippen LogP contribution >= 0.6 is 0 Å². The number of hydrogen-bond acceptors (Lipinski definition) is 3. The van der Waals surface area contributed by atoms with Crippen molar-refractivity contribution in [3.05, 3.63) is 35.6 Å². The van der Waals surface area contributed by atoms with E-state index in [1.165, 1.54) is 6.07 Å². The molecule has 1 unspecified atom stereocenters. The van der Waals surface area contributed by atoms with Gasteiger partial charge in [-0.15, -0.1) is 0 Å². The van der Waals surface area contributed by atoms with Gasteiger partial charge in [-0.2, -0.15) is 0 Å². The van der Waals surface area contributed by atoms with Gasteiger partial charge in [-0.1, -0.05) is 18.2 Å². The fraction of sp³-hybridized carbons (Fsp3) is 0.538. The lowest BCUT2D eigenvalue weighted by atomic mass is 10.1. The summed E-state index contributed by atoms with van der Waals surface area (Å²) >= 11 is 0. The van der Waals surface area contributed by atoms with E-state index < -0.39 is 6.10 Å². The van der Waals surface area contributed by atoms with Crippen LogP contribution in [0.5, 0.6) is 0 Å². The predicted octanol–water partition coefficient (Wildman–Crippen LogP) is 1.83. The Morgan fingerprint density at radius 2 is 2.12 bits per heavy atom. The highest BCUT2D eigenvalue weighted by Crippen LogP contribution is 2.17. The van der Waals surface area contributed by atoms with E-state index in [0.717, 1.165) is 6.54 Å². The molecule has 0 bridgehead atoms. The second kappa shape index (κ2) is 7.37. The van der Waals surface area contributed by atoms with Crippen LogP contribution in [0.15, 0.2) is 24.3 Å². The summed E-state index contributed by atoms with van der Waals surface area (Å²) in [4.78, 5) is 1.92. The van der Waals surface area contributed by atoms with Crippen LogP contribution in [0, 0.1) is 5.82 Å². The molecule has 0 heterocycles. The second-order valence-electron chi connectivity index (χ2n) is 4.00. The number of benzene rings is 1. The van der Waals surface area contributed by atoms with Gasteiger partial charge in [0, 0.05) is 25.3 Å². The number of nitrogens with zero attached hydrogens (tertiary/aromatic N) is 1. The van der Waals surface area contributed by atoms with Crippen molar-refractivity contribution < 1.29 is 14.2 Å². The average Bonchev–Trinajstić information content (AvgIpc) is 2.29. The molecule has 0 aliphatic carbocycles. The van der Waals surface area contributed by atoms with Gasteiger partial charge in [-0.3, -0.25) is 0 Å². The van der Waals surface area contributed by atoms with Crippen molar-refractivity contribution in [2.75, 3.05) is 33.4 Å². The summed E-state index contributed by atoms with van der Waals surface area (Å²) in [6.45, 7) is 4.36. The summed E-state index contributed by atoms with van der Waals surface area (Å²) < 4.78 is 18.6. The molecule has 0 aliphatic rings. The Balaban J connectivity index is 2.43. The van der Waals surface area contributed by atoms with Gasteiger partial charge < -0.3 is 14.7 Å². The zero-order valence-corrected chi connectivity index (χ0v) is 10.4. The Kier molecular flexibility index (Phi) is 6.11. The van der Waals surface area contributed by atoms with E-state index in [0.29, 0.717) is 25.3 Å². The van der Waals surface area contributed by atoms with E-state index >= 15 is 0 Å². The van der Waals surface area contributed by atoms with Crippen LogP contribution in [0.4, 0.5) is 4.39 Å². The summed E-state index contributed by atoms with van der Waals surface area (Å²) in [5, 5.41) is 9.91. The maximum atomic E-state index is 13.4. The maximum absolute atomic E-state index is 13.4. The highest BCUT2D eigenvalue weighted by molar-refractivity contribution is 5.19. The molecular weight excluding hydrogens is 221 g/mol. The topological polar surface area (TPSA) is 32.7 Å². The monoisotopic (exact) mass is 241 g/mol. The third kappa shape index (κ3) is 4.81. The maximum Gasteiger partial charge on any atom is 0.129 e. The van der Waals surface area contributed by atoms with Crippen LogP contribution in [-0.4, -0.2) is 43.4 Å². The summed E-state index contributed by atoms with van der Waals surface area (Å²) in [7, 11) is 1.88. The molecule has 0 aliphatic heterocycles. The molecular formula is C13H20FNO2. The Morgan fingerprint density at radius 1 is 1.41 bits per heavy atom. The Hall–Kier alpha value is -0.970. The first-order chi connectivity index (χ1) is 8.15. The van der Waals surface area contributed by atoms with Crippen LogP contribution in [0.2, 0.25) is 0 Å². The van der Waals surface area contributed by atoms with Gasteiger partial charge in [0.15, 0.2) is 0 Å². The molecule has 17 heavy (non-hydrogen) atoms. The van der Waals surface area contributed by atoms with Crippen molar-refractivity contribution in [3.8, 4) is 0 Å².